The zero-order chi connectivity index (χ0) is 12.4. The van der Waals surface area contributed by atoms with Crippen LogP contribution in [0, 0.1) is 0 Å². The van der Waals surface area contributed by atoms with Gasteiger partial charge in [0.15, 0.2) is 0 Å². The Labute approximate surface area is 113 Å². The summed E-state index contributed by atoms with van der Waals surface area (Å²) < 4.78 is 2.71. The molecule has 1 N–H and O–H groups in total. The van der Waals surface area contributed by atoms with E-state index in [2.05, 4.69) is 37.4 Å². The molecule has 90 valence electrons. The van der Waals surface area contributed by atoms with Crippen molar-refractivity contribution in [2.24, 2.45) is 0 Å². The van der Waals surface area contributed by atoms with Crippen LogP contribution in [0.5, 0.6) is 0 Å². The van der Waals surface area contributed by atoms with Crippen LogP contribution in [0.25, 0.3) is 5.52 Å². The number of aromatic nitrogens is 3. The van der Waals surface area contributed by atoms with Gasteiger partial charge in [0.05, 0.1) is 23.6 Å². The molecule has 4 nitrogen and oxygen atoms in total. The highest BCUT2D eigenvalue weighted by atomic mass is 79.9. The molecule has 0 aliphatic rings. The Hall–Kier alpha value is -1.88. The van der Waals surface area contributed by atoms with Gasteiger partial charge >= 0.3 is 0 Å². The molecular formula is C13H11BrN4. The van der Waals surface area contributed by atoms with Crippen molar-refractivity contribution in [1.82, 2.24) is 14.6 Å². The number of hydrogen-bond donors (Lipinski definition) is 1. The second-order valence-electron chi connectivity index (χ2n) is 3.92. The fourth-order valence-electron chi connectivity index (χ4n) is 1.80. The molecule has 0 aliphatic carbocycles. The van der Waals surface area contributed by atoms with Crippen LogP contribution in [0.2, 0.25) is 0 Å². The highest BCUT2D eigenvalue weighted by Crippen LogP contribution is 2.14. The molecule has 0 aromatic carbocycles. The maximum Gasteiger partial charge on any atom is 0.106 e. The minimum Gasteiger partial charge on any atom is -0.380 e. The van der Waals surface area contributed by atoms with E-state index in [4.69, 9.17) is 0 Å². The minimum atomic E-state index is 0.733. The summed E-state index contributed by atoms with van der Waals surface area (Å²) in [4.78, 5) is 4.17. The highest BCUT2D eigenvalue weighted by molar-refractivity contribution is 9.10. The first kappa shape index (κ1) is 11.2. The van der Waals surface area contributed by atoms with Crippen LogP contribution in [0.1, 0.15) is 5.56 Å². The number of pyridine rings is 2. The molecular weight excluding hydrogens is 292 g/mol. The predicted octanol–water partition coefficient (Wildman–Crippen LogP) is 3.10. The Morgan fingerprint density at radius 1 is 1.17 bits per heavy atom. The smallest absolute Gasteiger partial charge is 0.106 e. The molecule has 0 spiro atoms. The summed E-state index contributed by atoms with van der Waals surface area (Å²) in [5.41, 5.74) is 3.28. The average molecular weight is 303 g/mol. The van der Waals surface area contributed by atoms with Crippen molar-refractivity contribution in [2.75, 3.05) is 5.32 Å². The van der Waals surface area contributed by atoms with Gasteiger partial charge < -0.3 is 5.32 Å². The molecule has 3 heterocycles. The van der Waals surface area contributed by atoms with Gasteiger partial charge in [-0.2, -0.15) is 5.10 Å². The molecule has 3 aromatic heterocycles. The molecule has 18 heavy (non-hydrogen) atoms. The number of nitrogens with zero attached hydrogens (tertiary/aromatic N) is 3. The van der Waals surface area contributed by atoms with Crippen LogP contribution in [-0.2, 0) is 6.54 Å². The Balaban J connectivity index is 1.79. The van der Waals surface area contributed by atoms with E-state index >= 15 is 0 Å². The SMILES string of the molecule is Brc1ccc(NCc2cnn3ccccc23)cn1. The lowest BCUT2D eigenvalue weighted by atomic mass is 10.2. The zero-order valence-electron chi connectivity index (χ0n) is 9.55. The summed E-state index contributed by atoms with van der Waals surface area (Å²) in [6, 6.07) is 9.95. The first-order valence-electron chi connectivity index (χ1n) is 5.59. The summed E-state index contributed by atoms with van der Waals surface area (Å²) in [6.07, 6.45) is 5.63. The van der Waals surface area contributed by atoms with Gasteiger partial charge in [0, 0.05) is 18.3 Å². The van der Waals surface area contributed by atoms with Gasteiger partial charge in [0.1, 0.15) is 4.60 Å². The summed E-state index contributed by atoms with van der Waals surface area (Å²) in [7, 11) is 0. The topological polar surface area (TPSA) is 42.2 Å². The van der Waals surface area contributed by atoms with Crippen molar-refractivity contribution in [3.8, 4) is 0 Å². The first-order valence-corrected chi connectivity index (χ1v) is 6.39. The van der Waals surface area contributed by atoms with Crippen LogP contribution in [0.4, 0.5) is 5.69 Å². The summed E-state index contributed by atoms with van der Waals surface area (Å²) >= 11 is 3.32. The maximum atomic E-state index is 4.30. The number of rotatable bonds is 3. The molecule has 0 saturated carbocycles. The van der Waals surface area contributed by atoms with Crippen molar-refractivity contribution in [2.45, 2.75) is 6.54 Å². The van der Waals surface area contributed by atoms with Crippen molar-refractivity contribution in [3.05, 3.63) is 59.1 Å². The molecule has 3 aromatic rings. The van der Waals surface area contributed by atoms with Gasteiger partial charge in [0.25, 0.3) is 0 Å². The minimum absolute atomic E-state index is 0.733. The second-order valence-corrected chi connectivity index (χ2v) is 4.74. The van der Waals surface area contributed by atoms with Gasteiger partial charge in [0.2, 0.25) is 0 Å². The monoisotopic (exact) mass is 302 g/mol. The van der Waals surface area contributed by atoms with Crippen molar-refractivity contribution in [3.63, 3.8) is 0 Å². The van der Waals surface area contributed by atoms with E-state index in [0.717, 1.165) is 22.4 Å². The van der Waals surface area contributed by atoms with E-state index < -0.39 is 0 Å². The third-order valence-electron chi connectivity index (χ3n) is 2.72. The number of hydrogen-bond acceptors (Lipinski definition) is 3. The van der Waals surface area contributed by atoms with E-state index in [-0.39, 0.29) is 0 Å². The molecule has 0 amide bonds. The van der Waals surface area contributed by atoms with Crippen LogP contribution in [0.15, 0.2) is 53.5 Å². The molecule has 0 unspecified atom stereocenters. The predicted molar refractivity (Wildman–Crippen MR) is 74.5 cm³/mol. The lowest BCUT2D eigenvalue weighted by Crippen LogP contribution is -1.99. The largest absolute Gasteiger partial charge is 0.380 e. The van der Waals surface area contributed by atoms with Crippen molar-refractivity contribution >= 4 is 27.1 Å². The van der Waals surface area contributed by atoms with E-state index in [9.17, 15) is 0 Å². The molecule has 0 bridgehead atoms. The van der Waals surface area contributed by atoms with Crippen LogP contribution in [0.3, 0.4) is 0 Å². The number of anilines is 1. The van der Waals surface area contributed by atoms with Gasteiger partial charge in [-0.3, -0.25) is 0 Å². The Morgan fingerprint density at radius 2 is 2.11 bits per heavy atom. The van der Waals surface area contributed by atoms with Crippen LogP contribution >= 0.6 is 15.9 Å². The van der Waals surface area contributed by atoms with Crippen LogP contribution in [-0.4, -0.2) is 14.6 Å². The lowest BCUT2D eigenvalue weighted by Gasteiger charge is -2.04. The molecule has 3 rings (SSSR count). The fraction of sp³-hybridized carbons (Fsp3) is 0.0769. The highest BCUT2D eigenvalue weighted by Gasteiger charge is 2.02. The molecule has 0 atom stereocenters. The van der Waals surface area contributed by atoms with Gasteiger partial charge in [-0.25, -0.2) is 9.50 Å². The summed E-state index contributed by atoms with van der Waals surface area (Å²) in [6.45, 7) is 0.733. The number of nitrogens with one attached hydrogen (secondary N) is 1. The zero-order valence-corrected chi connectivity index (χ0v) is 11.1. The molecule has 5 heteroatoms. The molecule has 0 radical (unpaired) electrons. The van der Waals surface area contributed by atoms with Crippen molar-refractivity contribution < 1.29 is 0 Å². The fourth-order valence-corrected chi connectivity index (χ4v) is 2.04. The summed E-state index contributed by atoms with van der Waals surface area (Å²) in [5, 5.41) is 7.63. The Kier molecular flexibility index (Phi) is 2.98. The average Bonchev–Trinajstić information content (AvgIpc) is 2.82. The van der Waals surface area contributed by atoms with E-state index in [1.165, 1.54) is 5.56 Å². The maximum absolute atomic E-state index is 4.30. The molecule has 0 saturated heterocycles. The number of fused-ring (bicyclic) bond motifs is 1. The van der Waals surface area contributed by atoms with E-state index in [1.54, 1.807) is 6.20 Å². The number of halogens is 1. The lowest BCUT2D eigenvalue weighted by molar-refractivity contribution is 0.961. The standard InChI is InChI=1S/C13H11BrN4/c14-13-5-4-11(9-16-13)15-7-10-8-17-18-6-2-1-3-12(10)18/h1-6,8-9,15H,7H2. The Morgan fingerprint density at radius 3 is 2.94 bits per heavy atom. The van der Waals surface area contributed by atoms with Gasteiger partial charge in [-0.1, -0.05) is 6.07 Å². The second kappa shape index (κ2) is 4.78. The Bertz CT molecular complexity index is 660. The van der Waals surface area contributed by atoms with E-state index in [1.807, 2.05) is 41.2 Å². The van der Waals surface area contributed by atoms with Gasteiger partial charge in [-0.05, 0) is 40.2 Å². The molecule has 0 aliphatic heterocycles. The van der Waals surface area contributed by atoms with Gasteiger partial charge in [-0.15, -0.1) is 0 Å². The third kappa shape index (κ3) is 2.22. The van der Waals surface area contributed by atoms with Crippen LogP contribution < -0.4 is 5.32 Å². The molecule has 0 fully saturated rings. The van der Waals surface area contributed by atoms with E-state index in [0.29, 0.717) is 0 Å². The summed E-state index contributed by atoms with van der Waals surface area (Å²) in [5.74, 6) is 0. The normalized spacial score (nSPS) is 10.7. The third-order valence-corrected chi connectivity index (χ3v) is 3.19. The first-order chi connectivity index (χ1) is 8.83. The van der Waals surface area contributed by atoms with Crippen molar-refractivity contribution in [1.29, 1.82) is 0 Å². The quantitative estimate of drug-likeness (QED) is 0.756.